The van der Waals surface area contributed by atoms with E-state index in [0.29, 0.717) is 16.7 Å². The fraction of sp³-hybridized carbons (Fsp3) is 0.0714. The predicted octanol–water partition coefficient (Wildman–Crippen LogP) is 5.46. The Morgan fingerprint density at radius 1 is 0.765 bits per heavy atom. The highest BCUT2D eigenvalue weighted by Crippen LogP contribution is 2.27. The number of carboxylic acids is 1. The number of carboxylic acid groups (broad SMARTS) is 1. The van der Waals surface area contributed by atoms with Gasteiger partial charge in [0.15, 0.2) is 0 Å². The molecule has 6 nitrogen and oxygen atoms in total. The third-order valence-electron chi connectivity index (χ3n) is 5.88. The van der Waals surface area contributed by atoms with Crippen molar-refractivity contribution in [2.24, 2.45) is 0 Å². The molecule has 3 N–H and O–H groups in total. The summed E-state index contributed by atoms with van der Waals surface area (Å²) in [6.45, 7) is 0.170. The van der Waals surface area contributed by atoms with Crippen LogP contribution in [0.25, 0.3) is 21.7 Å². The van der Waals surface area contributed by atoms with Crippen molar-refractivity contribution in [1.29, 1.82) is 0 Å². The van der Waals surface area contributed by atoms with E-state index in [9.17, 15) is 14.7 Å². The molecule has 1 heterocycles. The number of aromatic carboxylic acids is 1. The largest absolute Gasteiger partial charge is 0.478 e. The quantitative estimate of drug-likeness (QED) is 0.298. The van der Waals surface area contributed by atoms with E-state index in [-0.39, 0.29) is 12.2 Å². The van der Waals surface area contributed by atoms with E-state index in [1.807, 2.05) is 54.7 Å². The highest BCUT2D eigenvalue weighted by atomic mass is 16.5. The highest BCUT2D eigenvalue weighted by molar-refractivity contribution is 5.95. The number of carbonyl (C=O) groups excluding carboxylic acids is 1. The first kappa shape index (κ1) is 21.4. The van der Waals surface area contributed by atoms with Gasteiger partial charge in [-0.15, -0.1) is 0 Å². The maximum atomic E-state index is 12.7. The van der Waals surface area contributed by atoms with Crippen LogP contribution in [0.4, 0.5) is 0 Å². The monoisotopic (exact) mass is 451 g/mol. The van der Waals surface area contributed by atoms with Crippen molar-refractivity contribution in [3.05, 3.63) is 119 Å². The number of aromatic nitrogens is 1. The van der Waals surface area contributed by atoms with Gasteiger partial charge in [0, 0.05) is 11.7 Å². The van der Waals surface area contributed by atoms with Gasteiger partial charge in [-0.05, 0) is 81.4 Å². The van der Waals surface area contributed by atoms with E-state index in [1.54, 1.807) is 24.3 Å². The first-order chi connectivity index (χ1) is 16.5. The van der Waals surface area contributed by atoms with Gasteiger partial charge in [0.2, 0.25) is 0 Å². The van der Waals surface area contributed by atoms with Gasteiger partial charge in [-0.25, -0.2) is 9.59 Å². The number of esters is 1. The lowest BCUT2D eigenvalue weighted by Gasteiger charge is -2.13. The van der Waals surface area contributed by atoms with Gasteiger partial charge < -0.3 is 19.9 Å². The smallest absolute Gasteiger partial charge is 0.338 e. The van der Waals surface area contributed by atoms with Gasteiger partial charge in [-0.2, -0.15) is 0 Å². The molecule has 0 aliphatic heterocycles. The summed E-state index contributed by atoms with van der Waals surface area (Å²) in [5.41, 5.74) is 3.74. The number of hydrogen-bond donors (Lipinski definition) is 3. The number of H-pyrrole nitrogens is 1. The molecule has 0 fully saturated rings. The summed E-state index contributed by atoms with van der Waals surface area (Å²) < 4.78 is 5.52. The molecule has 0 bridgehead atoms. The molecule has 0 spiro atoms. The minimum atomic E-state index is -1.02. The minimum Gasteiger partial charge on any atom is -0.478 e. The van der Waals surface area contributed by atoms with Gasteiger partial charge in [-0.1, -0.05) is 36.4 Å². The Morgan fingerprint density at radius 3 is 2.29 bits per heavy atom. The third kappa shape index (κ3) is 4.27. The average Bonchev–Trinajstić information content (AvgIpc) is 3.34. The van der Waals surface area contributed by atoms with Gasteiger partial charge in [0.25, 0.3) is 0 Å². The molecular formula is C28H21NO5. The number of aromatic amines is 1. The first-order valence-corrected chi connectivity index (χ1v) is 10.8. The predicted molar refractivity (Wildman–Crippen MR) is 129 cm³/mol. The number of ether oxygens (including phenoxy) is 1. The van der Waals surface area contributed by atoms with Gasteiger partial charge >= 0.3 is 11.9 Å². The maximum absolute atomic E-state index is 12.7. The summed E-state index contributed by atoms with van der Waals surface area (Å²) in [6.07, 6.45) is 0.942. The second-order valence-electron chi connectivity index (χ2n) is 8.13. The molecule has 4 aromatic carbocycles. The topological polar surface area (TPSA) is 99.6 Å². The number of carbonyl (C=O) groups is 2. The zero-order valence-corrected chi connectivity index (χ0v) is 18.1. The summed E-state index contributed by atoms with van der Waals surface area (Å²) in [5, 5.41) is 22.6. The maximum Gasteiger partial charge on any atom is 0.338 e. The zero-order chi connectivity index (χ0) is 23.7. The lowest BCUT2D eigenvalue weighted by Crippen LogP contribution is -2.05. The molecule has 0 saturated carbocycles. The van der Waals surface area contributed by atoms with E-state index in [4.69, 9.17) is 9.84 Å². The molecule has 0 saturated heterocycles. The molecule has 1 aromatic heterocycles. The SMILES string of the molecule is O=C(O)c1ccc(C(O)c2ccc3ccc(C(=O)OCc4ccc5[nH]ccc5c4)cc3c2)cc1. The summed E-state index contributed by atoms with van der Waals surface area (Å²) in [7, 11) is 0. The zero-order valence-electron chi connectivity index (χ0n) is 18.1. The first-order valence-electron chi connectivity index (χ1n) is 10.8. The van der Waals surface area contributed by atoms with Crippen molar-refractivity contribution < 1.29 is 24.5 Å². The van der Waals surface area contributed by atoms with Gasteiger partial charge in [-0.3, -0.25) is 0 Å². The lowest BCUT2D eigenvalue weighted by atomic mass is 9.97. The third-order valence-corrected chi connectivity index (χ3v) is 5.88. The second kappa shape index (κ2) is 8.84. The van der Waals surface area contributed by atoms with Crippen molar-refractivity contribution in [3.63, 3.8) is 0 Å². The molecule has 5 rings (SSSR count). The Morgan fingerprint density at radius 2 is 1.50 bits per heavy atom. The highest BCUT2D eigenvalue weighted by Gasteiger charge is 2.14. The summed E-state index contributed by atoms with van der Waals surface area (Å²) in [5.74, 6) is -1.44. The summed E-state index contributed by atoms with van der Waals surface area (Å²) >= 11 is 0. The Labute approximate surface area is 195 Å². The van der Waals surface area contributed by atoms with Crippen molar-refractivity contribution in [3.8, 4) is 0 Å². The Balaban J connectivity index is 1.34. The molecule has 6 heteroatoms. The van der Waals surface area contributed by atoms with Crippen molar-refractivity contribution in [2.75, 3.05) is 0 Å². The van der Waals surface area contributed by atoms with E-state index in [2.05, 4.69) is 4.98 Å². The molecule has 1 atom stereocenters. The van der Waals surface area contributed by atoms with Crippen molar-refractivity contribution >= 4 is 33.6 Å². The fourth-order valence-electron chi connectivity index (χ4n) is 3.99. The number of rotatable bonds is 6. The lowest BCUT2D eigenvalue weighted by molar-refractivity contribution is 0.0472. The average molecular weight is 451 g/mol. The Bertz CT molecular complexity index is 1520. The number of aliphatic hydroxyl groups is 1. The van der Waals surface area contributed by atoms with Crippen LogP contribution in [0.3, 0.4) is 0 Å². The Kier molecular flexibility index (Phi) is 5.57. The van der Waals surface area contributed by atoms with Crippen LogP contribution in [0.1, 0.15) is 43.5 Å². The van der Waals surface area contributed by atoms with Crippen LogP contribution in [0.2, 0.25) is 0 Å². The van der Waals surface area contributed by atoms with Crippen LogP contribution in [0.5, 0.6) is 0 Å². The minimum absolute atomic E-state index is 0.158. The number of benzene rings is 4. The number of hydrogen-bond acceptors (Lipinski definition) is 4. The van der Waals surface area contributed by atoms with Crippen LogP contribution < -0.4 is 0 Å². The van der Waals surface area contributed by atoms with E-state index in [1.165, 1.54) is 12.1 Å². The molecule has 1 unspecified atom stereocenters. The molecule has 0 radical (unpaired) electrons. The molecular weight excluding hydrogens is 430 g/mol. The van der Waals surface area contributed by atoms with Crippen molar-refractivity contribution in [1.82, 2.24) is 4.98 Å². The van der Waals surface area contributed by atoms with Crippen molar-refractivity contribution in [2.45, 2.75) is 12.7 Å². The molecule has 0 amide bonds. The standard InChI is InChI=1S/C28H21NO5/c30-26(19-4-6-20(7-5-19)27(31)32)22-8-2-18-3-9-23(15-24(18)14-22)28(33)34-16-17-1-10-25-21(13-17)11-12-29-25/h1-15,26,29-30H,16H2,(H,31,32). The molecule has 34 heavy (non-hydrogen) atoms. The number of nitrogens with one attached hydrogen (secondary N) is 1. The Hall–Kier alpha value is -4.42. The number of aliphatic hydroxyl groups excluding tert-OH is 1. The second-order valence-corrected chi connectivity index (χ2v) is 8.13. The summed E-state index contributed by atoms with van der Waals surface area (Å²) in [4.78, 5) is 26.9. The van der Waals surface area contributed by atoms with E-state index >= 15 is 0 Å². The molecule has 0 aliphatic carbocycles. The number of fused-ring (bicyclic) bond motifs is 2. The van der Waals surface area contributed by atoms with Gasteiger partial charge in [0.05, 0.1) is 11.1 Å². The summed E-state index contributed by atoms with van der Waals surface area (Å²) in [6, 6.07) is 24.8. The normalized spacial score (nSPS) is 12.0. The molecule has 5 aromatic rings. The molecule has 168 valence electrons. The van der Waals surface area contributed by atoms with Crippen LogP contribution in [0, 0.1) is 0 Å². The van der Waals surface area contributed by atoms with Crippen LogP contribution >= 0.6 is 0 Å². The van der Waals surface area contributed by atoms with Gasteiger partial charge in [0.1, 0.15) is 12.7 Å². The van der Waals surface area contributed by atoms with Crippen LogP contribution in [0.15, 0.2) is 91.1 Å². The van der Waals surface area contributed by atoms with Crippen LogP contribution in [-0.4, -0.2) is 27.1 Å². The fourth-order valence-corrected chi connectivity index (χ4v) is 3.99. The van der Waals surface area contributed by atoms with E-state index < -0.39 is 18.0 Å². The van der Waals surface area contributed by atoms with Crippen LogP contribution in [-0.2, 0) is 11.3 Å². The van der Waals surface area contributed by atoms with E-state index in [0.717, 1.165) is 27.2 Å². The molecule has 0 aliphatic rings.